The molecule has 0 bridgehead atoms. The number of pyridine rings is 1. The van der Waals surface area contributed by atoms with E-state index in [1.165, 1.54) is 32.1 Å². The van der Waals surface area contributed by atoms with Crippen LogP contribution < -0.4 is 5.73 Å². The predicted octanol–water partition coefficient (Wildman–Crippen LogP) is 2.82. The van der Waals surface area contributed by atoms with Crippen molar-refractivity contribution in [3.63, 3.8) is 0 Å². The van der Waals surface area contributed by atoms with Gasteiger partial charge in [-0.15, -0.1) is 0 Å². The van der Waals surface area contributed by atoms with E-state index < -0.39 is 0 Å². The van der Waals surface area contributed by atoms with Crippen molar-refractivity contribution in [1.82, 2.24) is 4.98 Å². The number of hydrogen-bond donors (Lipinski definition) is 1. The molecule has 0 spiro atoms. The molecule has 0 unspecified atom stereocenters. The zero-order chi connectivity index (χ0) is 11.4. The van der Waals surface area contributed by atoms with Crippen LogP contribution >= 0.6 is 0 Å². The quantitative estimate of drug-likeness (QED) is 0.794. The van der Waals surface area contributed by atoms with E-state index in [0.29, 0.717) is 23.7 Å². The van der Waals surface area contributed by atoms with Crippen molar-refractivity contribution >= 4 is 11.5 Å². The van der Waals surface area contributed by atoms with Crippen molar-refractivity contribution in [3.05, 3.63) is 24.0 Å². The highest BCUT2D eigenvalue weighted by atomic mass is 16.1. The van der Waals surface area contributed by atoms with Crippen LogP contribution in [0, 0.1) is 5.92 Å². The van der Waals surface area contributed by atoms with Gasteiger partial charge in [0.15, 0.2) is 5.78 Å². The minimum atomic E-state index is 0.102. The molecular formula is C13H18N2O. The summed E-state index contributed by atoms with van der Waals surface area (Å²) >= 11 is 0. The van der Waals surface area contributed by atoms with E-state index in [0.717, 1.165) is 0 Å². The third-order valence-electron chi connectivity index (χ3n) is 3.30. The first-order valence-corrected chi connectivity index (χ1v) is 6.01. The number of hydrogen-bond acceptors (Lipinski definition) is 3. The van der Waals surface area contributed by atoms with E-state index >= 15 is 0 Å². The van der Waals surface area contributed by atoms with E-state index in [4.69, 9.17) is 5.73 Å². The molecule has 0 radical (unpaired) electrons. The third kappa shape index (κ3) is 2.60. The molecule has 3 nitrogen and oxygen atoms in total. The Kier molecular flexibility index (Phi) is 3.54. The average molecular weight is 218 g/mol. The Hall–Kier alpha value is -1.38. The maximum Gasteiger partial charge on any atom is 0.183 e. The summed E-state index contributed by atoms with van der Waals surface area (Å²) < 4.78 is 0. The zero-order valence-corrected chi connectivity index (χ0v) is 9.48. The summed E-state index contributed by atoms with van der Waals surface area (Å²) in [5, 5.41) is 0. The molecule has 1 aromatic rings. The standard InChI is InChI=1S/C13H18N2O/c14-11-7-4-8-15-13(11)12(16)9-10-5-2-1-3-6-10/h4,7-8,10H,1-3,5-6,9,14H2. The van der Waals surface area contributed by atoms with Gasteiger partial charge in [-0.05, 0) is 18.1 Å². The molecule has 1 aliphatic carbocycles. The maximum absolute atomic E-state index is 12.0. The molecule has 1 fully saturated rings. The second kappa shape index (κ2) is 5.10. The van der Waals surface area contributed by atoms with Crippen molar-refractivity contribution in [3.8, 4) is 0 Å². The zero-order valence-electron chi connectivity index (χ0n) is 9.48. The highest BCUT2D eigenvalue weighted by Crippen LogP contribution is 2.27. The molecule has 16 heavy (non-hydrogen) atoms. The summed E-state index contributed by atoms with van der Waals surface area (Å²) in [4.78, 5) is 16.1. The van der Waals surface area contributed by atoms with Gasteiger partial charge in [-0.1, -0.05) is 32.1 Å². The number of nitrogen functional groups attached to an aromatic ring is 1. The van der Waals surface area contributed by atoms with Gasteiger partial charge in [0.2, 0.25) is 0 Å². The van der Waals surface area contributed by atoms with Crippen LogP contribution in [-0.4, -0.2) is 10.8 Å². The number of rotatable bonds is 3. The lowest BCUT2D eigenvalue weighted by Crippen LogP contribution is -2.14. The summed E-state index contributed by atoms with van der Waals surface area (Å²) in [7, 11) is 0. The first-order valence-electron chi connectivity index (χ1n) is 6.01. The van der Waals surface area contributed by atoms with E-state index in [9.17, 15) is 4.79 Å². The summed E-state index contributed by atoms with van der Waals surface area (Å²) in [5.41, 5.74) is 6.70. The Labute approximate surface area is 96.1 Å². The second-order valence-electron chi connectivity index (χ2n) is 4.57. The molecule has 2 rings (SSSR count). The van der Waals surface area contributed by atoms with Crippen molar-refractivity contribution in [1.29, 1.82) is 0 Å². The van der Waals surface area contributed by atoms with Gasteiger partial charge in [-0.2, -0.15) is 0 Å². The second-order valence-corrected chi connectivity index (χ2v) is 4.57. The Morgan fingerprint density at radius 2 is 2.12 bits per heavy atom. The van der Waals surface area contributed by atoms with Crippen LogP contribution in [0.4, 0.5) is 5.69 Å². The SMILES string of the molecule is Nc1cccnc1C(=O)CC1CCCCC1. The van der Waals surface area contributed by atoms with Crippen molar-refractivity contribution < 1.29 is 4.79 Å². The maximum atomic E-state index is 12.0. The molecule has 1 heterocycles. The third-order valence-corrected chi connectivity index (χ3v) is 3.30. The van der Waals surface area contributed by atoms with Crippen molar-refractivity contribution in [2.45, 2.75) is 38.5 Å². The van der Waals surface area contributed by atoms with Gasteiger partial charge in [0.1, 0.15) is 5.69 Å². The lowest BCUT2D eigenvalue weighted by Gasteiger charge is -2.20. The van der Waals surface area contributed by atoms with Gasteiger partial charge >= 0.3 is 0 Å². The number of carbonyl (C=O) groups excluding carboxylic acids is 1. The first-order chi connectivity index (χ1) is 7.77. The number of aromatic nitrogens is 1. The number of nitrogens with zero attached hydrogens (tertiary/aromatic N) is 1. The van der Waals surface area contributed by atoms with E-state index in [1.807, 2.05) is 0 Å². The van der Waals surface area contributed by atoms with E-state index in [-0.39, 0.29) is 5.78 Å². The fourth-order valence-corrected chi connectivity index (χ4v) is 2.40. The number of Topliss-reactive ketones (excluding diaryl/α,β-unsaturated/α-hetero) is 1. The first kappa shape index (κ1) is 11.1. The topological polar surface area (TPSA) is 56.0 Å². The Balaban J connectivity index is 2.00. The molecule has 3 heteroatoms. The number of carbonyl (C=O) groups is 1. The molecule has 1 aromatic heterocycles. The smallest absolute Gasteiger partial charge is 0.183 e. The molecule has 0 saturated heterocycles. The highest BCUT2D eigenvalue weighted by Gasteiger charge is 2.19. The molecule has 0 aromatic carbocycles. The lowest BCUT2D eigenvalue weighted by molar-refractivity contribution is 0.0946. The van der Waals surface area contributed by atoms with Crippen LogP contribution in [-0.2, 0) is 0 Å². The molecule has 1 aliphatic rings. The van der Waals surface area contributed by atoms with Crippen LogP contribution in [0.5, 0.6) is 0 Å². The van der Waals surface area contributed by atoms with Gasteiger partial charge < -0.3 is 5.73 Å². The Bertz CT molecular complexity index is 370. The average Bonchev–Trinajstić information content (AvgIpc) is 2.31. The van der Waals surface area contributed by atoms with Crippen LogP contribution in [0.25, 0.3) is 0 Å². The minimum absolute atomic E-state index is 0.102. The van der Waals surface area contributed by atoms with Gasteiger partial charge in [0.25, 0.3) is 0 Å². The van der Waals surface area contributed by atoms with E-state index in [2.05, 4.69) is 4.98 Å². The largest absolute Gasteiger partial charge is 0.397 e. The molecule has 1 saturated carbocycles. The lowest BCUT2D eigenvalue weighted by atomic mass is 9.85. The molecule has 86 valence electrons. The summed E-state index contributed by atoms with van der Waals surface area (Å²) in [6.07, 6.45) is 8.43. The van der Waals surface area contributed by atoms with Gasteiger partial charge in [0, 0.05) is 12.6 Å². The van der Waals surface area contributed by atoms with Gasteiger partial charge in [0.05, 0.1) is 5.69 Å². The van der Waals surface area contributed by atoms with Crippen LogP contribution in [0.1, 0.15) is 49.0 Å². The van der Waals surface area contributed by atoms with E-state index in [1.54, 1.807) is 18.3 Å². The normalized spacial score (nSPS) is 17.2. The van der Waals surface area contributed by atoms with Crippen molar-refractivity contribution in [2.24, 2.45) is 5.92 Å². The van der Waals surface area contributed by atoms with Gasteiger partial charge in [-0.3, -0.25) is 9.78 Å². The van der Waals surface area contributed by atoms with Crippen molar-refractivity contribution in [2.75, 3.05) is 5.73 Å². The molecule has 2 N–H and O–H groups in total. The number of nitrogens with two attached hydrogens (primary N) is 1. The number of ketones is 1. The van der Waals surface area contributed by atoms with Crippen LogP contribution in [0.2, 0.25) is 0 Å². The van der Waals surface area contributed by atoms with Crippen LogP contribution in [0.3, 0.4) is 0 Å². The van der Waals surface area contributed by atoms with Gasteiger partial charge in [-0.25, -0.2) is 0 Å². The fraction of sp³-hybridized carbons (Fsp3) is 0.538. The minimum Gasteiger partial charge on any atom is -0.397 e. The monoisotopic (exact) mass is 218 g/mol. The molecular weight excluding hydrogens is 200 g/mol. The summed E-state index contributed by atoms with van der Waals surface area (Å²) in [5.74, 6) is 0.646. The Morgan fingerprint density at radius 1 is 1.38 bits per heavy atom. The predicted molar refractivity (Wildman–Crippen MR) is 64.2 cm³/mol. The highest BCUT2D eigenvalue weighted by molar-refractivity contribution is 5.98. The van der Waals surface area contributed by atoms with Crippen LogP contribution in [0.15, 0.2) is 18.3 Å². The molecule has 0 atom stereocenters. The fourth-order valence-electron chi connectivity index (χ4n) is 2.40. The Morgan fingerprint density at radius 3 is 2.81 bits per heavy atom. The number of anilines is 1. The summed E-state index contributed by atoms with van der Waals surface area (Å²) in [6, 6.07) is 3.49. The summed E-state index contributed by atoms with van der Waals surface area (Å²) in [6.45, 7) is 0. The molecule has 0 aliphatic heterocycles. The molecule has 0 amide bonds.